The van der Waals surface area contributed by atoms with Crippen LogP contribution in [0, 0.1) is 0 Å². The first-order valence-electron chi connectivity index (χ1n) is 9.69. The van der Waals surface area contributed by atoms with Crippen LogP contribution in [0.15, 0.2) is 77.7 Å². The van der Waals surface area contributed by atoms with E-state index in [2.05, 4.69) is 10.6 Å². The van der Waals surface area contributed by atoms with Crippen molar-refractivity contribution in [3.05, 3.63) is 83.4 Å². The molecule has 0 spiro atoms. The molecule has 0 bridgehead atoms. The minimum Gasteiger partial charge on any atom is -0.497 e. The Bertz CT molecular complexity index is 1040. The fourth-order valence-corrected chi connectivity index (χ4v) is 3.81. The molecule has 3 rings (SSSR count). The lowest BCUT2D eigenvalue weighted by molar-refractivity contribution is -0.116. The van der Waals surface area contributed by atoms with Gasteiger partial charge in [-0.3, -0.25) is 9.59 Å². The number of benzene rings is 3. The molecule has 2 N–H and O–H groups in total. The van der Waals surface area contributed by atoms with Crippen LogP contribution in [0.5, 0.6) is 5.75 Å². The first-order valence-corrected chi connectivity index (χ1v) is 10.9. The molecule has 0 saturated carbocycles. The number of amides is 2. The topological polar surface area (TPSA) is 67.4 Å². The number of hydrogen-bond acceptors (Lipinski definition) is 4. The maximum Gasteiger partial charge on any atom is 0.237 e. The van der Waals surface area contributed by atoms with Crippen LogP contribution < -0.4 is 15.4 Å². The van der Waals surface area contributed by atoms with Gasteiger partial charge in [-0.1, -0.05) is 29.8 Å². The molecule has 7 heteroatoms. The smallest absolute Gasteiger partial charge is 0.237 e. The van der Waals surface area contributed by atoms with Crippen LogP contribution >= 0.6 is 23.4 Å². The van der Waals surface area contributed by atoms with Crippen molar-refractivity contribution in [1.82, 2.24) is 0 Å². The Morgan fingerprint density at radius 3 is 2.35 bits per heavy atom. The predicted octanol–water partition coefficient (Wildman–Crippen LogP) is 5.65. The SMILES string of the molecule is COc1cccc(NC(=O)C(C)Sc2ccc(NC(=O)Cc3ccc(Cl)cc3)cc2)c1. The van der Waals surface area contributed by atoms with Crippen molar-refractivity contribution in [2.45, 2.75) is 23.5 Å². The zero-order chi connectivity index (χ0) is 22.2. The van der Waals surface area contributed by atoms with Gasteiger partial charge in [-0.2, -0.15) is 0 Å². The first-order chi connectivity index (χ1) is 14.9. The summed E-state index contributed by atoms with van der Waals surface area (Å²) >= 11 is 7.31. The lowest BCUT2D eigenvalue weighted by Gasteiger charge is -2.13. The molecule has 0 aliphatic heterocycles. The summed E-state index contributed by atoms with van der Waals surface area (Å²) in [6.45, 7) is 1.85. The van der Waals surface area contributed by atoms with Crippen LogP contribution in [0.4, 0.5) is 11.4 Å². The Labute approximate surface area is 191 Å². The van der Waals surface area contributed by atoms with Crippen LogP contribution in [0.25, 0.3) is 0 Å². The maximum atomic E-state index is 12.5. The van der Waals surface area contributed by atoms with Gasteiger partial charge in [0.15, 0.2) is 0 Å². The zero-order valence-corrected chi connectivity index (χ0v) is 18.8. The molecule has 0 saturated heterocycles. The molecule has 31 heavy (non-hydrogen) atoms. The van der Waals surface area contributed by atoms with E-state index in [1.165, 1.54) is 11.8 Å². The number of hydrogen-bond donors (Lipinski definition) is 2. The van der Waals surface area contributed by atoms with Gasteiger partial charge in [0.1, 0.15) is 5.75 Å². The maximum absolute atomic E-state index is 12.5. The van der Waals surface area contributed by atoms with Crippen LogP contribution in [0.3, 0.4) is 0 Å². The number of rotatable bonds is 8. The summed E-state index contributed by atoms with van der Waals surface area (Å²) in [6, 6.07) is 21.9. The van der Waals surface area contributed by atoms with Crippen molar-refractivity contribution in [3.8, 4) is 5.75 Å². The molecule has 3 aromatic rings. The Hall–Kier alpha value is -2.96. The number of halogens is 1. The van der Waals surface area contributed by atoms with E-state index in [1.54, 1.807) is 25.3 Å². The largest absolute Gasteiger partial charge is 0.497 e. The minimum absolute atomic E-state index is 0.0985. The fraction of sp³-hybridized carbons (Fsp3) is 0.167. The second kappa shape index (κ2) is 10.9. The number of carbonyl (C=O) groups excluding carboxylic acids is 2. The number of carbonyl (C=O) groups is 2. The lowest BCUT2D eigenvalue weighted by Crippen LogP contribution is -2.22. The van der Waals surface area contributed by atoms with Crippen LogP contribution in [-0.2, 0) is 16.0 Å². The molecular weight excluding hydrogens is 432 g/mol. The molecule has 0 aliphatic rings. The van der Waals surface area contributed by atoms with Crippen molar-refractivity contribution in [2.75, 3.05) is 17.7 Å². The van der Waals surface area contributed by atoms with E-state index < -0.39 is 0 Å². The molecule has 1 unspecified atom stereocenters. The van der Waals surface area contributed by atoms with Crippen LogP contribution in [-0.4, -0.2) is 24.2 Å². The highest BCUT2D eigenvalue weighted by atomic mass is 35.5. The van der Waals surface area contributed by atoms with E-state index in [1.807, 2.05) is 61.5 Å². The molecule has 0 radical (unpaired) electrons. The number of ether oxygens (including phenoxy) is 1. The number of anilines is 2. The van der Waals surface area contributed by atoms with Crippen molar-refractivity contribution < 1.29 is 14.3 Å². The Morgan fingerprint density at radius 1 is 0.968 bits per heavy atom. The number of thioether (sulfide) groups is 1. The van der Waals surface area contributed by atoms with Gasteiger partial charge in [-0.05, 0) is 61.0 Å². The van der Waals surface area contributed by atoms with E-state index in [0.29, 0.717) is 22.1 Å². The third-order valence-corrected chi connectivity index (χ3v) is 5.80. The highest BCUT2D eigenvalue weighted by molar-refractivity contribution is 8.00. The van der Waals surface area contributed by atoms with Gasteiger partial charge >= 0.3 is 0 Å². The monoisotopic (exact) mass is 454 g/mol. The lowest BCUT2D eigenvalue weighted by atomic mass is 10.1. The Kier molecular flexibility index (Phi) is 7.98. The summed E-state index contributed by atoms with van der Waals surface area (Å²) in [5.74, 6) is 0.485. The summed E-state index contributed by atoms with van der Waals surface area (Å²) in [5.41, 5.74) is 2.29. The second-order valence-corrected chi connectivity index (χ2v) is 8.71. The van der Waals surface area contributed by atoms with Gasteiger partial charge in [0, 0.05) is 27.4 Å². The predicted molar refractivity (Wildman–Crippen MR) is 127 cm³/mol. The first kappa shape index (κ1) is 22.7. The van der Waals surface area contributed by atoms with Gasteiger partial charge in [-0.15, -0.1) is 11.8 Å². The van der Waals surface area contributed by atoms with Crippen molar-refractivity contribution in [1.29, 1.82) is 0 Å². The normalized spacial score (nSPS) is 11.5. The van der Waals surface area contributed by atoms with E-state index in [9.17, 15) is 9.59 Å². The molecular formula is C24H23ClN2O3S. The van der Waals surface area contributed by atoms with Crippen LogP contribution in [0.2, 0.25) is 5.02 Å². The molecule has 5 nitrogen and oxygen atoms in total. The molecule has 3 aromatic carbocycles. The summed E-state index contributed by atoms with van der Waals surface area (Å²) in [4.78, 5) is 25.6. The molecule has 0 fully saturated rings. The van der Waals surface area contributed by atoms with Crippen molar-refractivity contribution in [3.63, 3.8) is 0 Å². The Morgan fingerprint density at radius 2 is 1.68 bits per heavy atom. The average Bonchev–Trinajstić information content (AvgIpc) is 2.76. The highest BCUT2D eigenvalue weighted by Gasteiger charge is 2.15. The van der Waals surface area contributed by atoms with E-state index >= 15 is 0 Å². The third kappa shape index (κ3) is 7.05. The number of methoxy groups -OCH3 is 1. The highest BCUT2D eigenvalue weighted by Crippen LogP contribution is 2.26. The average molecular weight is 455 g/mol. The third-order valence-electron chi connectivity index (χ3n) is 4.44. The summed E-state index contributed by atoms with van der Waals surface area (Å²) < 4.78 is 5.18. The van der Waals surface area contributed by atoms with Gasteiger partial charge in [0.2, 0.25) is 11.8 Å². The summed E-state index contributed by atoms with van der Waals surface area (Å²) in [5, 5.41) is 6.12. The van der Waals surface area contributed by atoms with E-state index in [-0.39, 0.29) is 23.5 Å². The summed E-state index contributed by atoms with van der Waals surface area (Å²) in [6.07, 6.45) is 0.273. The van der Waals surface area contributed by atoms with Gasteiger partial charge in [0.05, 0.1) is 18.8 Å². The molecule has 160 valence electrons. The molecule has 0 heterocycles. The van der Waals surface area contributed by atoms with Crippen LogP contribution in [0.1, 0.15) is 12.5 Å². The van der Waals surface area contributed by atoms with Gasteiger partial charge in [0.25, 0.3) is 0 Å². The summed E-state index contributed by atoms with van der Waals surface area (Å²) in [7, 11) is 1.59. The zero-order valence-electron chi connectivity index (χ0n) is 17.2. The van der Waals surface area contributed by atoms with E-state index in [4.69, 9.17) is 16.3 Å². The molecule has 0 aromatic heterocycles. The minimum atomic E-state index is -0.295. The molecule has 2 amide bonds. The van der Waals surface area contributed by atoms with E-state index in [0.717, 1.165) is 10.5 Å². The van der Waals surface area contributed by atoms with Gasteiger partial charge in [-0.25, -0.2) is 0 Å². The second-order valence-electron chi connectivity index (χ2n) is 6.86. The quantitative estimate of drug-likeness (QED) is 0.431. The van der Waals surface area contributed by atoms with Gasteiger partial charge < -0.3 is 15.4 Å². The Balaban J connectivity index is 1.51. The molecule has 0 aliphatic carbocycles. The molecule has 1 atom stereocenters. The van der Waals surface area contributed by atoms with Crippen molar-refractivity contribution in [2.24, 2.45) is 0 Å². The standard InChI is InChI=1S/C24H23ClN2O3S/c1-16(24(29)27-20-4-3-5-21(15-20)30-2)31-22-12-10-19(11-13-22)26-23(28)14-17-6-8-18(25)9-7-17/h3-13,15-16H,14H2,1-2H3,(H,26,28)(H,27,29). The fourth-order valence-electron chi connectivity index (χ4n) is 2.81. The number of nitrogens with one attached hydrogen (secondary N) is 2. The van der Waals surface area contributed by atoms with Crippen molar-refractivity contribution >= 4 is 46.6 Å².